The fraction of sp³-hybridized carbons (Fsp3) is 0.231. The lowest BCUT2D eigenvalue weighted by Crippen LogP contribution is -2.45. The first-order valence-electron chi connectivity index (χ1n) is 10.9. The van der Waals surface area contributed by atoms with Gasteiger partial charge in [-0.05, 0) is 47.7 Å². The molecule has 2 aromatic carbocycles. The lowest BCUT2D eigenvalue weighted by Gasteiger charge is -2.19. The molecule has 8 heteroatoms. The summed E-state index contributed by atoms with van der Waals surface area (Å²) < 4.78 is 5.46. The van der Waals surface area contributed by atoms with Crippen molar-refractivity contribution in [2.24, 2.45) is 0 Å². The molecule has 3 N–H and O–H groups in total. The third kappa shape index (κ3) is 4.91. The van der Waals surface area contributed by atoms with Crippen LogP contribution in [0.5, 0.6) is 0 Å². The Balaban J connectivity index is 1.44. The Morgan fingerprint density at radius 2 is 1.65 bits per heavy atom. The highest BCUT2D eigenvalue weighted by Crippen LogP contribution is 2.44. The number of fused-ring (bicyclic) bond motifs is 3. The van der Waals surface area contributed by atoms with Gasteiger partial charge in [0, 0.05) is 12.1 Å². The molecule has 1 unspecified atom stereocenters. The molecular weight excluding hydrogens is 434 g/mol. The second-order valence-electron chi connectivity index (χ2n) is 8.26. The fourth-order valence-electron chi connectivity index (χ4n) is 4.15. The van der Waals surface area contributed by atoms with Crippen LogP contribution in [0.2, 0.25) is 0 Å². The summed E-state index contributed by atoms with van der Waals surface area (Å²) in [5, 5.41) is 14.3. The van der Waals surface area contributed by atoms with E-state index >= 15 is 0 Å². The van der Waals surface area contributed by atoms with Crippen LogP contribution in [0, 0.1) is 13.8 Å². The molecule has 0 saturated carbocycles. The van der Waals surface area contributed by atoms with E-state index in [9.17, 15) is 19.5 Å². The maximum Gasteiger partial charge on any atom is 0.407 e. The van der Waals surface area contributed by atoms with Crippen molar-refractivity contribution in [1.29, 1.82) is 0 Å². The van der Waals surface area contributed by atoms with Crippen LogP contribution in [0.25, 0.3) is 11.1 Å². The van der Waals surface area contributed by atoms with Crippen LogP contribution in [0.1, 0.15) is 34.7 Å². The zero-order valence-corrected chi connectivity index (χ0v) is 18.9. The van der Waals surface area contributed by atoms with Crippen LogP contribution in [0.3, 0.4) is 0 Å². The summed E-state index contributed by atoms with van der Waals surface area (Å²) in [4.78, 5) is 40.8. The van der Waals surface area contributed by atoms with E-state index < -0.39 is 30.4 Å². The number of aliphatic carboxylic acids is 1. The van der Waals surface area contributed by atoms with Crippen LogP contribution in [-0.4, -0.2) is 40.7 Å². The van der Waals surface area contributed by atoms with Crippen molar-refractivity contribution in [1.82, 2.24) is 10.3 Å². The van der Waals surface area contributed by atoms with Crippen molar-refractivity contribution in [3.05, 3.63) is 83.2 Å². The topological polar surface area (TPSA) is 118 Å². The maximum absolute atomic E-state index is 12.8. The quantitative estimate of drug-likeness (QED) is 0.491. The maximum atomic E-state index is 12.8. The number of carboxylic acid groups (broad SMARTS) is 1. The van der Waals surface area contributed by atoms with Gasteiger partial charge in [0.25, 0.3) is 0 Å². The van der Waals surface area contributed by atoms with E-state index in [2.05, 4.69) is 15.6 Å². The standard InChI is InChI=1S/C26H25N3O5/c1-15-11-22(16(2)27-13-15)28-25(32)23(12-24(30)31)29-26(33)34-14-21-19-9-5-3-7-17(19)18-8-4-6-10-20(18)21/h3-11,13,21,23H,12,14H2,1-2H3,(H,28,32)(H,29,33)(H,30,31). The van der Waals surface area contributed by atoms with Crippen molar-refractivity contribution >= 4 is 23.7 Å². The van der Waals surface area contributed by atoms with E-state index in [-0.39, 0.29) is 12.5 Å². The van der Waals surface area contributed by atoms with Gasteiger partial charge in [-0.15, -0.1) is 0 Å². The number of aryl methyl sites for hydroxylation is 2. The molecular formula is C26H25N3O5. The summed E-state index contributed by atoms with van der Waals surface area (Å²) in [5.41, 5.74) is 6.16. The molecule has 2 amide bonds. The highest BCUT2D eigenvalue weighted by molar-refractivity contribution is 5.98. The highest BCUT2D eigenvalue weighted by atomic mass is 16.5. The van der Waals surface area contributed by atoms with Crippen LogP contribution in [0.4, 0.5) is 10.5 Å². The van der Waals surface area contributed by atoms with E-state index in [0.29, 0.717) is 11.4 Å². The van der Waals surface area contributed by atoms with Gasteiger partial charge in [-0.25, -0.2) is 4.79 Å². The molecule has 0 fully saturated rings. The predicted octanol–water partition coefficient (Wildman–Crippen LogP) is 4.02. The van der Waals surface area contributed by atoms with E-state index in [0.717, 1.165) is 27.8 Å². The number of hydrogen-bond donors (Lipinski definition) is 3. The predicted molar refractivity (Wildman–Crippen MR) is 127 cm³/mol. The Morgan fingerprint density at radius 3 is 2.26 bits per heavy atom. The molecule has 4 rings (SSSR count). The van der Waals surface area contributed by atoms with E-state index in [1.807, 2.05) is 55.5 Å². The average Bonchev–Trinajstić information content (AvgIpc) is 3.13. The number of pyridine rings is 1. The van der Waals surface area contributed by atoms with Crippen LogP contribution in [0.15, 0.2) is 60.8 Å². The van der Waals surface area contributed by atoms with Crippen molar-refractivity contribution in [2.45, 2.75) is 32.2 Å². The smallest absolute Gasteiger partial charge is 0.407 e. The largest absolute Gasteiger partial charge is 0.481 e. The summed E-state index contributed by atoms with van der Waals surface area (Å²) in [6.07, 6.45) is 0.213. The first kappa shape index (κ1) is 23.0. The molecule has 1 aliphatic carbocycles. The van der Waals surface area contributed by atoms with Gasteiger partial charge in [-0.1, -0.05) is 48.5 Å². The summed E-state index contributed by atoms with van der Waals surface area (Å²) in [6, 6.07) is 16.3. The SMILES string of the molecule is Cc1cnc(C)c(NC(=O)C(CC(=O)O)NC(=O)OCC2c3ccccc3-c3ccccc32)c1. The summed E-state index contributed by atoms with van der Waals surface area (Å²) >= 11 is 0. The molecule has 0 saturated heterocycles. The normalized spacial score (nSPS) is 12.9. The number of carboxylic acids is 1. The molecule has 0 aliphatic heterocycles. The Kier molecular flexibility index (Phi) is 6.58. The second kappa shape index (κ2) is 9.74. The first-order chi connectivity index (χ1) is 16.3. The van der Waals surface area contributed by atoms with Crippen molar-refractivity contribution < 1.29 is 24.2 Å². The van der Waals surface area contributed by atoms with Gasteiger partial charge in [-0.2, -0.15) is 0 Å². The number of carbonyl (C=O) groups excluding carboxylic acids is 2. The van der Waals surface area contributed by atoms with E-state index in [4.69, 9.17) is 4.74 Å². The summed E-state index contributed by atoms with van der Waals surface area (Å²) in [6.45, 7) is 3.61. The molecule has 3 aromatic rings. The molecule has 1 aliphatic rings. The number of nitrogens with zero attached hydrogens (tertiary/aromatic N) is 1. The van der Waals surface area contributed by atoms with Crippen molar-refractivity contribution in [2.75, 3.05) is 11.9 Å². The molecule has 0 bridgehead atoms. The Morgan fingerprint density at radius 1 is 1.03 bits per heavy atom. The lowest BCUT2D eigenvalue weighted by molar-refractivity contribution is -0.139. The monoisotopic (exact) mass is 459 g/mol. The van der Waals surface area contributed by atoms with Gasteiger partial charge in [0.05, 0.1) is 17.8 Å². The molecule has 1 atom stereocenters. The molecule has 174 valence electrons. The Labute approximate surface area is 197 Å². The number of amides is 2. The number of nitrogens with one attached hydrogen (secondary N) is 2. The van der Waals surface area contributed by atoms with Gasteiger partial charge < -0.3 is 20.5 Å². The zero-order chi connectivity index (χ0) is 24.2. The molecule has 1 heterocycles. The number of carbonyl (C=O) groups is 3. The minimum atomic E-state index is -1.31. The van der Waals surface area contributed by atoms with E-state index in [1.54, 1.807) is 19.2 Å². The number of rotatable bonds is 7. The van der Waals surface area contributed by atoms with Crippen LogP contribution >= 0.6 is 0 Å². The minimum Gasteiger partial charge on any atom is -0.481 e. The number of hydrogen-bond acceptors (Lipinski definition) is 5. The second-order valence-corrected chi connectivity index (χ2v) is 8.26. The summed E-state index contributed by atoms with van der Waals surface area (Å²) in [7, 11) is 0. The summed E-state index contributed by atoms with van der Waals surface area (Å²) in [5.74, 6) is -2.03. The van der Waals surface area contributed by atoms with E-state index in [1.165, 1.54) is 0 Å². The zero-order valence-electron chi connectivity index (χ0n) is 18.9. The third-order valence-electron chi connectivity index (χ3n) is 5.81. The van der Waals surface area contributed by atoms with Crippen molar-refractivity contribution in [3.8, 4) is 11.1 Å². The Bertz CT molecular complexity index is 1210. The molecule has 0 radical (unpaired) electrons. The van der Waals surface area contributed by atoms with Crippen LogP contribution < -0.4 is 10.6 Å². The first-order valence-corrected chi connectivity index (χ1v) is 10.9. The lowest BCUT2D eigenvalue weighted by atomic mass is 9.98. The van der Waals surface area contributed by atoms with Gasteiger partial charge >= 0.3 is 12.1 Å². The Hall–Kier alpha value is -4.20. The number of alkyl carbamates (subject to hydrolysis) is 1. The number of benzene rings is 2. The molecule has 1 aromatic heterocycles. The minimum absolute atomic E-state index is 0.0577. The number of ether oxygens (including phenoxy) is 1. The van der Waals surface area contributed by atoms with Gasteiger partial charge in [0.1, 0.15) is 12.6 Å². The van der Waals surface area contributed by atoms with Gasteiger partial charge in [0.2, 0.25) is 5.91 Å². The fourth-order valence-corrected chi connectivity index (χ4v) is 4.15. The van der Waals surface area contributed by atoms with Gasteiger partial charge in [-0.3, -0.25) is 14.6 Å². The highest BCUT2D eigenvalue weighted by Gasteiger charge is 2.30. The molecule has 8 nitrogen and oxygen atoms in total. The molecule has 0 spiro atoms. The average molecular weight is 460 g/mol. The third-order valence-corrected chi connectivity index (χ3v) is 5.81. The van der Waals surface area contributed by atoms with Crippen LogP contribution in [-0.2, 0) is 14.3 Å². The number of aromatic nitrogens is 1. The van der Waals surface area contributed by atoms with Gasteiger partial charge in [0.15, 0.2) is 0 Å². The van der Waals surface area contributed by atoms with Crippen molar-refractivity contribution in [3.63, 3.8) is 0 Å². The molecule has 34 heavy (non-hydrogen) atoms. The number of anilines is 1.